The van der Waals surface area contributed by atoms with Crippen molar-refractivity contribution in [1.29, 1.82) is 0 Å². The Morgan fingerprint density at radius 3 is 2.65 bits per heavy atom. The molecule has 5 rings (SSSR count). The zero-order chi connectivity index (χ0) is 15.6. The molecule has 0 fully saturated rings. The normalized spacial score (nSPS) is 13.0. The van der Waals surface area contributed by atoms with Crippen LogP contribution in [0.1, 0.15) is 10.4 Å². The molecule has 0 aliphatic rings. The third-order valence-corrected chi connectivity index (χ3v) is 8.32. The molecule has 0 saturated carbocycles. The molecule has 0 radical (unpaired) electrons. The molecule has 0 spiro atoms. The van der Waals surface area contributed by atoms with Gasteiger partial charge in [0, 0.05) is 29.8 Å². The fourth-order valence-electron chi connectivity index (χ4n) is 2.98. The van der Waals surface area contributed by atoms with Crippen LogP contribution in [0.3, 0.4) is 0 Å². The van der Waals surface area contributed by atoms with E-state index in [1.807, 2.05) is 34.0 Å². The summed E-state index contributed by atoms with van der Waals surface area (Å²) in [6.45, 7) is 6.37. The van der Waals surface area contributed by atoms with Crippen LogP contribution in [0.5, 0.6) is 0 Å². The van der Waals surface area contributed by atoms with E-state index in [1.165, 1.54) is 45.2 Å². The summed E-state index contributed by atoms with van der Waals surface area (Å²) in [5.41, 5.74) is 1.37. The predicted octanol–water partition coefficient (Wildman–Crippen LogP) is 5.94. The van der Waals surface area contributed by atoms with Gasteiger partial charge < -0.3 is 0 Å². The predicted molar refractivity (Wildman–Crippen MR) is 110 cm³/mol. The highest BCUT2D eigenvalue weighted by atomic mass is 32.1. The summed E-state index contributed by atoms with van der Waals surface area (Å²) < 4.78 is 6.78. The first kappa shape index (κ1) is 13.9. The van der Waals surface area contributed by atoms with Crippen molar-refractivity contribution in [3.63, 3.8) is 0 Å². The maximum Gasteiger partial charge on any atom is 0.0538 e. The number of thiophene rings is 4. The van der Waals surface area contributed by atoms with E-state index in [0.29, 0.717) is 0 Å². The van der Waals surface area contributed by atoms with Crippen LogP contribution in [-0.2, 0) is 0 Å². The number of rotatable bonds is 1. The fourth-order valence-corrected chi connectivity index (χ4v) is 7.14. The zero-order valence-corrected chi connectivity index (χ0v) is 15.6. The lowest BCUT2D eigenvalue weighted by atomic mass is 10.2. The number of hydrogen-bond donors (Lipinski definition) is 0. The molecule has 0 N–H and O–H groups in total. The Morgan fingerprint density at radius 2 is 1.83 bits per heavy atom. The van der Waals surface area contributed by atoms with Crippen LogP contribution in [0.2, 0.25) is 0 Å². The van der Waals surface area contributed by atoms with Crippen LogP contribution >= 0.6 is 45.3 Å². The lowest BCUT2D eigenvalue weighted by molar-refractivity contribution is 1.60. The van der Waals surface area contributed by atoms with E-state index in [-0.39, 0.29) is 0 Å². The summed E-state index contributed by atoms with van der Waals surface area (Å²) in [6.07, 6.45) is 2.31. The molecule has 0 unspecified atom stereocenters. The first-order valence-electron chi connectivity index (χ1n) is 7.28. The molecule has 0 atom stereocenters. The summed E-state index contributed by atoms with van der Waals surface area (Å²) in [7, 11) is 0. The number of benzene rings is 1. The van der Waals surface area contributed by atoms with E-state index in [4.69, 9.17) is 0 Å². The Labute approximate surface area is 149 Å². The van der Waals surface area contributed by atoms with Crippen molar-refractivity contribution < 1.29 is 0 Å². The molecule has 4 heteroatoms. The monoisotopic (exact) mass is 368 g/mol. The minimum Gasteiger partial charge on any atom is -0.144 e. The van der Waals surface area contributed by atoms with Crippen LogP contribution in [0, 0.1) is 6.92 Å². The standard InChI is InChI=1S/C19H12S4/c1-10-12(3-5-20-10)7-14-11(2)22-19-15-8-13-4-6-21-16(13)9-17(15)23-18(14)19/h3-9H,1H2,2H3/b12-7-. The second-order valence-corrected chi connectivity index (χ2v) is 9.81. The van der Waals surface area contributed by atoms with Crippen LogP contribution in [0.15, 0.2) is 35.0 Å². The fraction of sp³-hybridized carbons (Fsp3) is 0.0526. The van der Waals surface area contributed by atoms with Gasteiger partial charge in [-0.05, 0) is 58.6 Å². The Morgan fingerprint density at radius 1 is 0.957 bits per heavy atom. The quantitative estimate of drug-likeness (QED) is 0.343. The molecule has 0 saturated heterocycles. The van der Waals surface area contributed by atoms with Crippen molar-refractivity contribution in [2.24, 2.45) is 0 Å². The number of aryl methyl sites for hydroxylation is 1. The second-order valence-electron chi connectivity index (χ2n) is 5.58. The van der Waals surface area contributed by atoms with Gasteiger partial charge in [-0.2, -0.15) is 0 Å². The molecule has 112 valence electrons. The van der Waals surface area contributed by atoms with Gasteiger partial charge in [0.1, 0.15) is 0 Å². The van der Waals surface area contributed by atoms with Crippen LogP contribution < -0.4 is 9.75 Å². The van der Waals surface area contributed by atoms with Crippen LogP contribution in [0.4, 0.5) is 0 Å². The summed E-state index contributed by atoms with van der Waals surface area (Å²) >= 11 is 7.38. The third-order valence-electron chi connectivity index (χ3n) is 4.18. The van der Waals surface area contributed by atoms with Crippen molar-refractivity contribution in [3.8, 4) is 0 Å². The van der Waals surface area contributed by atoms with Crippen molar-refractivity contribution in [2.75, 3.05) is 0 Å². The van der Waals surface area contributed by atoms with Crippen LogP contribution in [0.25, 0.3) is 42.2 Å². The maximum absolute atomic E-state index is 4.14. The minimum absolute atomic E-state index is 1.14. The van der Waals surface area contributed by atoms with E-state index in [1.54, 1.807) is 11.3 Å². The highest BCUT2D eigenvalue weighted by Gasteiger charge is 2.14. The van der Waals surface area contributed by atoms with E-state index in [9.17, 15) is 0 Å². The van der Waals surface area contributed by atoms with Gasteiger partial charge in [0.25, 0.3) is 0 Å². The number of fused-ring (bicyclic) bond motifs is 4. The Balaban J connectivity index is 1.90. The van der Waals surface area contributed by atoms with Gasteiger partial charge in [0.05, 0.1) is 9.40 Å². The Bertz CT molecular complexity index is 1290. The van der Waals surface area contributed by atoms with Gasteiger partial charge in [-0.25, -0.2) is 0 Å². The van der Waals surface area contributed by atoms with Crippen molar-refractivity contribution in [1.82, 2.24) is 0 Å². The van der Waals surface area contributed by atoms with Crippen molar-refractivity contribution in [2.45, 2.75) is 6.92 Å². The van der Waals surface area contributed by atoms with Gasteiger partial charge in [0.2, 0.25) is 0 Å². The summed E-state index contributed by atoms with van der Waals surface area (Å²) in [6, 6.07) is 9.09. The molecule has 0 bridgehead atoms. The van der Waals surface area contributed by atoms with E-state index in [0.717, 1.165) is 4.53 Å². The second kappa shape index (κ2) is 5.02. The first-order valence-corrected chi connectivity index (χ1v) is 10.7. The molecular weight excluding hydrogens is 356 g/mol. The average molecular weight is 369 g/mol. The van der Waals surface area contributed by atoms with E-state index < -0.39 is 0 Å². The van der Waals surface area contributed by atoms with E-state index in [2.05, 4.69) is 54.6 Å². The smallest absolute Gasteiger partial charge is 0.0538 e. The number of hydrogen-bond acceptors (Lipinski definition) is 4. The molecule has 4 heterocycles. The first-order chi connectivity index (χ1) is 11.2. The lowest BCUT2D eigenvalue weighted by Gasteiger charge is -1.92. The molecular formula is C19H12S4. The SMILES string of the molecule is C=c1scc/c1=C/c1c(C)sc2c1sc1cc3sccc3cc12. The summed E-state index contributed by atoms with van der Waals surface area (Å²) in [4.78, 5) is 1.39. The Hall–Kier alpha value is -1.46. The molecule has 1 aromatic carbocycles. The van der Waals surface area contributed by atoms with Crippen molar-refractivity contribution >= 4 is 87.6 Å². The third kappa shape index (κ3) is 2.06. The molecule has 0 aliphatic carbocycles. The van der Waals surface area contributed by atoms with Gasteiger partial charge in [0.15, 0.2) is 0 Å². The molecule has 23 heavy (non-hydrogen) atoms. The maximum atomic E-state index is 4.14. The van der Waals surface area contributed by atoms with E-state index >= 15 is 0 Å². The van der Waals surface area contributed by atoms with Gasteiger partial charge in [-0.1, -0.05) is 6.58 Å². The summed E-state index contributed by atoms with van der Waals surface area (Å²) in [5.74, 6) is 0. The minimum atomic E-state index is 1.14. The zero-order valence-electron chi connectivity index (χ0n) is 12.4. The highest BCUT2D eigenvalue weighted by Crippen LogP contribution is 2.44. The highest BCUT2D eigenvalue weighted by molar-refractivity contribution is 7.33. The van der Waals surface area contributed by atoms with Crippen LogP contribution in [-0.4, -0.2) is 0 Å². The Kier molecular flexibility index (Phi) is 3.04. The topological polar surface area (TPSA) is 0 Å². The van der Waals surface area contributed by atoms with Gasteiger partial charge in [-0.3, -0.25) is 0 Å². The molecule has 4 aromatic heterocycles. The largest absolute Gasteiger partial charge is 0.144 e. The molecule has 5 aromatic rings. The molecule has 0 amide bonds. The lowest BCUT2D eigenvalue weighted by Crippen LogP contribution is -2.15. The molecule has 0 nitrogen and oxygen atoms in total. The van der Waals surface area contributed by atoms with Gasteiger partial charge >= 0.3 is 0 Å². The van der Waals surface area contributed by atoms with Gasteiger partial charge in [-0.15, -0.1) is 45.3 Å². The van der Waals surface area contributed by atoms with Crippen molar-refractivity contribution in [3.05, 3.63) is 55.2 Å². The summed E-state index contributed by atoms with van der Waals surface area (Å²) in [5, 5.41) is 8.31. The average Bonchev–Trinajstić information content (AvgIpc) is 3.26. The molecule has 0 aliphatic heterocycles.